The molecule has 15 heteroatoms. The number of aliphatic hydroxyl groups excluding tert-OH is 1. The summed E-state index contributed by atoms with van der Waals surface area (Å²) in [6.07, 6.45) is 40.4. The van der Waals surface area contributed by atoms with E-state index in [1.807, 2.05) is 0 Å². The topological polar surface area (TPSA) is 195 Å². The standard InChI is InChI=1S/C42H72O13P2/c1-3-5-7-9-11-13-15-17-19-21-23-25-27-29-31-33-41(44)51-37-40(38-54-57(49,50)53-36-39(43)35-52-56(46,47)48)55-42(45)34-32-30-28-26-24-22-20-18-16-14-12-10-8-6-4-2/h6,8,11-14,17-20,23,25,39-40,43H,3-5,7,9-10,15-16,21-22,24,26-38H2,1-2H3,(H,49,50)(H2,46,47,48)/b8-6-,13-11-,14-12-,19-17-,20-18-,25-23-/t39-,40+/m0/s1. The molecule has 0 amide bonds. The van der Waals surface area contributed by atoms with E-state index in [1.165, 1.54) is 19.3 Å². The lowest BCUT2D eigenvalue weighted by Gasteiger charge is -2.20. The van der Waals surface area contributed by atoms with Crippen molar-refractivity contribution in [2.24, 2.45) is 0 Å². The van der Waals surface area contributed by atoms with Crippen LogP contribution >= 0.6 is 15.6 Å². The third-order valence-corrected chi connectivity index (χ3v) is 9.51. The molecule has 0 spiro atoms. The van der Waals surface area contributed by atoms with E-state index in [0.717, 1.165) is 83.5 Å². The third kappa shape index (κ3) is 41.5. The molecule has 0 saturated carbocycles. The highest BCUT2D eigenvalue weighted by atomic mass is 31.2. The lowest BCUT2D eigenvalue weighted by molar-refractivity contribution is -0.161. The summed E-state index contributed by atoms with van der Waals surface area (Å²) in [6, 6.07) is 0. The molecule has 0 bridgehead atoms. The Kier molecular flexibility index (Phi) is 36.2. The fourth-order valence-corrected chi connectivity index (χ4v) is 6.11. The number of rotatable bonds is 38. The Balaban J connectivity index is 4.66. The summed E-state index contributed by atoms with van der Waals surface area (Å²) in [5, 5.41) is 9.73. The van der Waals surface area contributed by atoms with Gasteiger partial charge in [-0.1, -0.05) is 119 Å². The van der Waals surface area contributed by atoms with Crippen LogP contribution in [0.1, 0.15) is 142 Å². The molecule has 0 radical (unpaired) electrons. The first kappa shape index (κ1) is 54.6. The van der Waals surface area contributed by atoms with Gasteiger partial charge in [0.1, 0.15) is 12.7 Å². The van der Waals surface area contributed by atoms with E-state index in [0.29, 0.717) is 12.8 Å². The van der Waals surface area contributed by atoms with E-state index >= 15 is 0 Å². The van der Waals surface area contributed by atoms with Crippen LogP contribution in [0, 0.1) is 0 Å². The summed E-state index contributed by atoms with van der Waals surface area (Å²) in [6.45, 7) is 1.53. The number of carbonyl (C=O) groups is 2. The van der Waals surface area contributed by atoms with Gasteiger partial charge in [0.2, 0.25) is 0 Å². The van der Waals surface area contributed by atoms with Crippen LogP contribution in [-0.4, -0.2) is 70.4 Å². The Morgan fingerprint density at radius 2 is 0.965 bits per heavy atom. The average molecular weight is 847 g/mol. The zero-order valence-electron chi connectivity index (χ0n) is 34.4. The second-order valence-corrected chi connectivity index (χ2v) is 16.2. The fraction of sp³-hybridized carbons (Fsp3) is 0.667. The average Bonchev–Trinajstić information content (AvgIpc) is 3.17. The van der Waals surface area contributed by atoms with E-state index in [1.54, 1.807) is 0 Å². The lowest BCUT2D eigenvalue weighted by Crippen LogP contribution is -2.30. The predicted molar refractivity (Wildman–Crippen MR) is 225 cm³/mol. The van der Waals surface area contributed by atoms with Crippen LogP contribution in [0.5, 0.6) is 0 Å². The molecule has 0 aromatic carbocycles. The molecule has 0 fully saturated rings. The number of hydrogen-bond donors (Lipinski definition) is 4. The molecule has 57 heavy (non-hydrogen) atoms. The summed E-state index contributed by atoms with van der Waals surface area (Å²) in [5.41, 5.74) is 0. The smallest absolute Gasteiger partial charge is 0.462 e. The number of unbranched alkanes of at least 4 members (excludes halogenated alkanes) is 10. The highest BCUT2D eigenvalue weighted by Crippen LogP contribution is 2.43. The minimum Gasteiger partial charge on any atom is -0.462 e. The number of phosphoric acid groups is 2. The van der Waals surface area contributed by atoms with Crippen LogP contribution in [-0.2, 0) is 41.8 Å². The SMILES string of the molecule is CC/C=C\C/C=C\C/C=C\CCCCCCCC(=O)O[C@H](COC(=O)CCCC/C=C\C/C=C\C/C=C\CCCCC)COP(=O)(O)OC[C@@H](O)COP(=O)(O)O. The van der Waals surface area contributed by atoms with E-state index in [2.05, 4.69) is 95.8 Å². The molecule has 328 valence electrons. The van der Waals surface area contributed by atoms with Crippen molar-refractivity contribution in [2.75, 3.05) is 26.4 Å². The molecule has 0 heterocycles. The number of allylic oxidation sites excluding steroid dienone is 12. The van der Waals surface area contributed by atoms with Crippen LogP contribution < -0.4 is 0 Å². The number of phosphoric ester groups is 2. The summed E-state index contributed by atoms with van der Waals surface area (Å²) in [5.74, 6) is -1.10. The minimum atomic E-state index is -4.87. The van der Waals surface area contributed by atoms with Crippen molar-refractivity contribution in [1.29, 1.82) is 0 Å². The molecule has 0 aromatic heterocycles. The van der Waals surface area contributed by atoms with Crippen LogP contribution in [0.15, 0.2) is 72.9 Å². The highest BCUT2D eigenvalue weighted by molar-refractivity contribution is 7.47. The molecule has 0 rings (SSSR count). The Morgan fingerprint density at radius 1 is 0.526 bits per heavy atom. The second kappa shape index (κ2) is 37.8. The summed E-state index contributed by atoms with van der Waals surface area (Å²) < 4.78 is 47.6. The van der Waals surface area contributed by atoms with Crippen LogP contribution in [0.25, 0.3) is 0 Å². The van der Waals surface area contributed by atoms with E-state index in [4.69, 9.17) is 23.8 Å². The third-order valence-electron chi connectivity index (χ3n) is 8.07. The van der Waals surface area contributed by atoms with Gasteiger partial charge in [0.05, 0.1) is 19.8 Å². The van der Waals surface area contributed by atoms with E-state index in [9.17, 15) is 28.7 Å². The zero-order valence-corrected chi connectivity index (χ0v) is 36.2. The summed E-state index contributed by atoms with van der Waals surface area (Å²) in [4.78, 5) is 52.6. The van der Waals surface area contributed by atoms with Crippen molar-refractivity contribution >= 4 is 27.6 Å². The van der Waals surface area contributed by atoms with Gasteiger partial charge in [-0.15, -0.1) is 0 Å². The molecule has 0 aromatic rings. The van der Waals surface area contributed by atoms with Crippen molar-refractivity contribution in [1.82, 2.24) is 0 Å². The first-order valence-electron chi connectivity index (χ1n) is 20.6. The highest BCUT2D eigenvalue weighted by Gasteiger charge is 2.28. The minimum absolute atomic E-state index is 0.0999. The van der Waals surface area contributed by atoms with Gasteiger partial charge >= 0.3 is 27.6 Å². The molecule has 0 aliphatic rings. The molecule has 13 nitrogen and oxygen atoms in total. The molecule has 0 aliphatic carbocycles. The first-order valence-corrected chi connectivity index (χ1v) is 23.7. The molecular formula is C42H72O13P2. The monoisotopic (exact) mass is 846 g/mol. The van der Waals surface area contributed by atoms with Crippen LogP contribution in [0.3, 0.4) is 0 Å². The van der Waals surface area contributed by atoms with Crippen molar-refractivity contribution in [2.45, 2.75) is 154 Å². The van der Waals surface area contributed by atoms with Gasteiger partial charge in [-0.25, -0.2) is 9.13 Å². The number of hydrogen-bond acceptors (Lipinski definition) is 10. The van der Waals surface area contributed by atoms with E-state index < -0.39 is 66.2 Å². The summed E-state index contributed by atoms with van der Waals surface area (Å²) >= 11 is 0. The molecule has 4 N–H and O–H groups in total. The Labute approximate surface area is 342 Å². The number of aliphatic hydroxyl groups is 1. The molecule has 3 atom stereocenters. The maximum Gasteiger partial charge on any atom is 0.472 e. The zero-order chi connectivity index (χ0) is 42.3. The Morgan fingerprint density at radius 3 is 1.53 bits per heavy atom. The lowest BCUT2D eigenvalue weighted by atomic mass is 10.1. The first-order chi connectivity index (χ1) is 27.4. The molecular weight excluding hydrogens is 774 g/mol. The fourth-order valence-electron chi connectivity index (χ4n) is 4.95. The van der Waals surface area contributed by atoms with Gasteiger partial charge in [0, 0.05) is 12.8 Å². The van der Waals surface area contributed by atoms with Gasteiger partial charge in [-0.05, 0) is 83.5 Å². The molecule has 0 saturated heterocycles. The quantitative estimate of drug-likeness (QED) is 0.0199. The molecule has 0 aliphatic heterocycles. The van der Waals surface area contributed by atoms with Gasteiger partial charge in [0.15, 0.2) is 6.10 Å². The number of carbonyl (C=O) groups excluding carboxylic acids is 2. The normalized spacial score (nSPS) is 14.8. The van der Waals surface area contributed by atoms with Crippen molar-refractivity contribution in [3.8, 4) is 0 Å². The van der Waals surface area contributed by atoms with Gasteiger partial charge in [-0.2, -0.15) is 0 Å². The van der Waals surface area contributed by atoms with Crippen molar-refractivity contribution < 1.29 is 61.6 Å². The van der Waals surface area contributed by atoms with Gasteiger partial charge in [-0.3, -0.25) is 23.2 Å². The Bertz CT molecular complexity index is 1290. The maximum atomic E-state index is 12.6. The van der Waals surface area contributed by atoms with E-state index in [-0.39, 0.29) is 12.8 Å². The van der Waals surface area contributed by atoms with Crippen LogP contribution in [0.4, 0.5) is 0 Å². The maximum absolute atomic E-state index is 12.6. The van der Waals surface area contributed by atoms with Crippen LogP contribution in [0.2, 0.25) is 0 Å². The number of esters is 2. The number of ether oxygens (including phenoxy) is 2. The van der Waals surface area contributed by atoms with Crippen molar-refractivity contribution in [3.05, 3.63) is 72.9 Å². The van der Waals surface area contributed by atoms with Gasteiger partial charge < -0.3 is 29.3 Å². The second-order valence-electron chi connectivity index (χ2n) is 13.5. The largest absolute Gasteiger partial charge is 0.472 e. The van der Waals surface area contributed by atoms with Gasteiger partial charge in [0.25, 0.3) is 0 Å². The summed E-state index contributed by atoms with van der Waals surface area (Å²) in [7, 11) is -9.69. The predicted octanol–water partition coefficient (Wildman–Crippen LogP) is 10.2. The van der Waals surface area contributed by atoms with Crippen molar-refractivity contribution in [3.63, 3.8) is 0 Å². The Hall–Kier alpha value is -2.44. The molecule has 1 unspecified atom stereocenters.